The van der Waals surface area contributed by atoms with Gasteiger partial charge in [-0.2, -0.15) is 0 Å². The molecule has 1 aromatic carbocycles. The van der Waals surface area contributed by atoms with Crippen LogP contribution in [0.3, 0.4) is 0 Å². The van der Waals surface area contributed by atoms with Crippen LogP contribution in [0, 0.1) is 13.7 Å². The minimum absolute atomic E-state index is 0.0370. The Morgan fingerprint density at radius 2 is 2.00 bits per heavy atom. The molecule has 2 aromatic rings. The molecule has 0 aliphatic heterocycles. The number of rotatable bonds is 1. The van der Waals surface area contributed by atoms with Gasteiger partial charge in [-0.05, 0) is 46.8 Å². The van der Waals surface area contributed by atoms with E-state index in [0.29, 0.717) is 5.69 Å². The minimum Gasteiger partial charge on any atom is -0.241 e. The van der Waals surface area contributed by atoms with Crippen LogP contribution in [0.4, 0.5) is 0 Å². The van der Waals surface area contributed by atoms with Crippen molar-refractivity contribution in [1.82, 2.24) is 4.98 Å². The normalized spacial score (nSPS) is 17.9. The lowest BCUT2D eigenvalue weighted by Crippen LogP contribution is -1.90. The molecule has 0 saturated carbocycles. The summed E-state index contributed by atoms with van der Waals surface area (Å²) in [6.07, 6.45) is 0. The third kappa shape index (κ3) is 2.10. The lowest BCUT2D eigenvalue weighted by Gasteiger charge is -2.06. The fourth-order valence-electron chi connectivity index (χ4n) is 1.27. The molecule has 1 nitrogen and oxygen atoms in total. The van der Waals surface area contributed by atoms with E-state index >= 15 is 0 Å². The van der Waals surface area contributed by atoms with Crippen LogP contribution in [0.15, 0.2) is 41.0 Å². The van der Waals surface area contributed by atoms with Crippen LogP contribution in [-0.4, -0.2) is 4.98 Å². The lowest BCUT2D eigenvalue weighted by molar-refractivity contribution is 1.18. The van der Waals surface area contributed by atoms with Crippen LogP contribution in [0.25, 0.3) is 11.3 Å². The Morgan fingerprint density at radius 1 is 1.20 bits per heavy atom. The fourth-order valence-corrected chi connectivity index (χ4v) is 1.68. The van der Waals surface area contributed by atoms with Gasteiger partial charge in [0.15, 0.2) is 0 Å². The highest BCUT2D eigenvalue weighted by molar-refractivity contribution is 9.10. The minimum atomic E-state index is -2.55. The van der Waals surface area contributed by atoms with E-state index in [0.717, 1.165) is 5.56 Å². The SMILES string of the molecule is [2H]C([2H])([2H])c1cc(-c2ccccc2)nc(Br)c1C([2H])([2H])[2H]. The van der Waals surface area contributed by atoms with Gasteiger partial charge in [-0.15, -0.1) is 0 Å². The Hall–Kier alpha value is -1.15. The first-order chi connectivity index (χ1) is 9.60. The molecular weight excluding hydrogens is 250 g/mol. The summed E-state index contributed by atoms with van der Waals surface area (Å²) in [5.41, 5.74) is 0.674. The molecule has 0 aliphatic carbocycles. The first kappa shape index (κ1) is 5.26. The molecule has 0 spiro atoms. The van der Waals surface area contributed by atoms with Crippen molar-refractivity contribution in [2.24, 2.45) is 0 Å². The van der Waals surface area contributed by atoms with Crippen LogP contribution in [0.5, 0.6) is 0 Å². The molecule has 1 aromatic heterocycles. The van der Waals surface area contributed by atoms with Crippen LogP contribution >= 0.6 is 15.9 Å². The third-order valence-corrected chi connectivity index (χ3v) is 2.62. The molecule has 2 heteroatoms. The van der Waals surface area contributed by atoms with E-state index in [1.807, 2.05) is 6.07 Å². The number of nitrogens with zero attached hydrogens (tertiary/aromatic N) is 1. The highest BCUT2D eigenvalue weighted by Crippen LogP contribution is 2.24. The maximum Gasteiger partial charge on any atom is 0.109 e. The van der Waals surface area contributed by atoms with Crippen molar-refractivity contribution >= 4 is 15.9 Å². The molecule has 0 N–H and O–H groups in total. The maximum atomic E-state index is 7.58. The van der Waals surface area contributed by atoms with Gasteiger partial charge in [-0.1, -0.05) is 30.3 Å². The number of aryl methyl sites for hydroxylation is 1. The highest BCUT2D eigenvalue weighted by Gasteiger charge is 2.04. The molecule has 0 fully saturated rings. The van der Waals surface area contributed by atoms with E-state index in [9.17, 15) is 0 Å². The van der Waals surface area contributed by atoms with Crippen molar-refractivity contribution in [2.45, 2.75) is 13.7 Å². The zero-order valence-corrected chi connectivity index (χ0v) is 9.38. The molecule has 2 rings (SSSR count). The second-order valence-electron chi connectivity index (χ2n) is 3.09. The molecule has 15 heavy (non-hydrogen) atoms. The van der Waals surface area contributed by atoms with Gasteiger partial charge >= 0.3 is 0 Å². The molecule has 0 amide bonds. The zero-order valence-electron chi connectivity index (χ0n) is 13.8. The largest absolute Gasteiger partial charge is 0.241 e. The molecule has 0 atom stereocenters. The topological polar surface area (TPSA) is 12.9 Å². The summed E-state index contributed by atoms with van der Waals surface area (Å²) in [6.45, 7) is -5.08. The number of hydrogen-bond acceptors (Lipinski definition) is 1. The van der Waals surface area contributed by atoms with Crippen molar-refractivity contribution in [3.8, 4) is 11.3 Å². The molecule has 0 aliphatic rings. The fraction of sp³-hybridized carbons (Fsp3) is 0.154. The summed E-state index contributed by atoms with van der Waals surface area (Å²) in [4.78, 5) is 4.19. The summed E-state index contributed by atoms with van der Waals surface area (Å²) in [6, 6.07) is 10.3. The van der Waals surface area contributed by atoms with Crippen molar-refractivity contribution in [3.63, 3.8) is 0 Å². The van der Waals surface area contributed by atoms with Gasteiger partial charge in [-0.3, -0.25) is 0 Å². The number of halogens is 1. The summed E-state index contributed by atoms with van der Waals surface area (Å²) < 4.78 is 45.4. The average molecular weight is 268 g/mol. The maximum absolute atomic E-state index is 7.58. The predicted octanol–water partition coefficient (Wildman–Crippen LogP) is 4.13. The predicted molar refractivity (Wildman–Crippen MR) is 66.8 cm³/mol. The van der Waals surface area contributed by atoms with Gasteiger partial charge in [0.1, 0.15) is 4.60 Å². The van der Waals surface area contributed by atoms with E-state index in [1.54, 1.807) is 24.3 Å². The van der Waals surface area contributed by atoms with E-state index in [-0.39, 0.29) is 15.7 Å². The Labute approximate surface area is 107 Å². The Kier molecular flexibility index (Phi) is 1.46. The van der Waals surface area contributed by atoms with Crippen LogP contribution < -0.4 is 0 Å². The van der Waals surface area contributed by atoms with E-state index in [1.165, 1.54) is 6.07 Å². The van der Waals surface area contributed by atoms with Crippen molar-refractivity contribution in [3.05, 3.63) is 52.1 Å². The second-order valence-corrected chi connectivity index (χ2v) is 3.84. The van der Waals surface area contributed by atoms with Crippen LogP contribution in [0.1, 0.15) is 19.4 Å². The van der Waals surface area contributed by atoms with Crippen LogP contribution in [-0.2, 0) is 0 Å². The number of pyridine rings is 1. The standard InChI is InChI=1S/C13H12BrN/c1-9-8-12(15-13(14)10(9)2)11-6-4-3-5-7-11/h3-8H,1-2H3/i1D3,2D3. The van der Waals surface area contributed by atoms with Crippen LogP contribution in [0.2, 0.25) is 0 Å². The van der Waals surface area contributed by atoms with Gasteiger partial charge in [0.2, 0.25) is 0 Å². The molecule has 0 unspecified atom stereocenters. The van der Waals surface area contributed by atoms with Crippen molar-refractivity contribution in [1.29, 1.82) is 0 Å². The second kappa shape index (κ2) is 4.15. The Morgan fingerprint density at radius 3 is 2.67 bits per heavy atom. The monoisotopic (exact) mass is 267 g/mol. The first-order valence-corrected chi connectivity index (χ1v) is 5.17. The van der Waals surface area contributed by atoms with Gasteiger partial charge in [0.25, 0.3) is 0 Å². The summed E-state index contributed by atoms with van der Waals surface area (Å²) in [7, 11) is 0. The molecule has 0 bridgehead atoms. The quantitative estimate of drug-likeness (QED) is 0.709. The Bertz CT molecular complexity index is 648. The highest BCUT2D eigenvalue weighted by atomic mass is 79.9. The summed E-state index contributed by atoms with van der Waals surface area (Å²) in [5.74, 6) is 0. The molecule has 0 saturated heterocycles. The third-order valence-electron chi connectivity index (χ3n) is 2.04. The van der Waals surface area contributed by atoms with E-state index in [2.05, 4.69) is 20.9 Å². The number of aromatic nitrogens is 1. The van der Waals surface area contributed by atoms with Crippen molar-refractivity contribution < 1.29 is 8.22 Å². The van der Waals surface area contributed by atoms with Crippen molar-refractivity contribution in [2.75, 3.05) is 0 Å². The zero-order chi connectivity index (χ0) is 15.8. The first-order valence-electron chi connectivity index (χ1n) is 7.37. The molecular formula is C13H12BrN. The average Bonchev–Trinajstić information content (AvgIpc) is 2.36. The van der Waals surface area contributed by atoms with E-state index < -0.39 is 13.7 Å². The van der Waals surface area contributed by atoms with Gasteiger partial charge in [0.05, 0.1) is 5.69 Å². The summed E-state index contributed by atoms with van der Waals surface area (Å²) >= 11 is 3.10. The lowest BCUT2D eigenvalue weighted by atomic mass is 10.1. The van der Waals surface area contributed by atoms with E-state index in [4.69, 9.17) is 8.22 Å². The smallest absolute Gasteiger partial charge is 0.109 e. The van der Waals surface area contributed by atoms with Gasteiger partial charge in [0, 0.05) is 13.8 Å². The molecule has 1 heterocycles. The van der Waals surface area contributed by atoms with Gasteiger partial charge in [-0.25, -0.2) is 4.98 Å². The Balaban J connectivity index is 2.73. The summed E-state index contributed by atoms with van der Waals surface area (Å²) in [5, 5.41) is 0. The van der Waals surface area contributed by atoms with Gasteiger partial charge < -0.3 is 0 Å². The molecule has 0 radical (unpaired) electrons. The number of benzene rings is 1. The number of hydrogen-bond donors (Lipinski definition) is 0. The molecule has 76 valence electrons.